The van der Waals surface area contributed by atoms with Crippen LogP contribution in [0.1, 0.15) is 44.9 Å². The molecule has 0 bridgehead atoms. The lowest BCUT2D eigenvalue weighted by Gasteiger charge is -2.22. The first kappa shape index (κ1) is 21.2. The summed E-state index contributed by atoms with van der Waals surface area (Å²) in [5.41, 5.74) is 6.04. The molecule has 0 saturated heterocycles. The van der Waals surface area contributed by atoms with E-state index in [1.807, 2.05) is 0 Å². The van der Waals surface area contributed by atoms with Gasteiger partial charge in [0.05, 0.1) is 4.90 Å². The number of benzene rings is 1. The molecule has 1 fully saturated rings. The van der Waals surface area contributed by atoms with Gasteiger partial charge in [-0.1, -0.05) is 32.1 Å². The van der Waals surface area contributed by atoms with Crippen LogP contribution < -0.4 is 16.4 Å². The van der Waals surface area contributed by atoms with Crippen molar-refractivity contribution < 1.29 is 18.0 Å². The minimum absolute atomic E-state index is 0.142. The minimum Gasteiger partial charge on any atom is -0.382 e. The van der Waals surface area contributed by atoms with Gasteiger partial charge >= 0.3 is 0 Å². The molecule has 0 spiro atoms. The summed E-state index contributed by atoms with van der Waals surface area (Å²) in [6.45, 7) is 0.142. The van der Waals surface area contributed by atoms with E-state index in [0.29, 0.717) is 18.0 Å². The van der Waals surface area contributed by atoms with Gasteiger partial charge in [0.15, 0.2) is 9.84 Å². The Hall–Kier alpha value is -2.09. The van der Waals surface area contributed by atoms with Gasteiger partial charge in [0.2, 0.25) is 11.8 Å². The number of nitrogens with two attached hydrogens (primary N) is 1. The maximum atomic E-state index is 12.2. The summed E-state index contributed by atoms with van der Waals surface area (Å²) in [5, 5.41) is 5.70. The quantitative estimate of drug-likeness (QED) is 0.589. The van der Waals surface area contributed by atoms with Gasteiger partial charge < -0.3 is 16.4 Å². The van der Waals surface area contributed by atoms with Crippen LogP contribution in [0.4, 0.5) is 5.69 Å². The van der Waals surface area contributed by atoms with Crippen molar-refractivity contribution in [2.24, 2.45) is 11.7 Å². The first-order valence-corrected chi connectivity index (χ1v) is 11.3. The first-order chi connectivity index (χ1) is 12.8. The van der Waals surface area contributed by atoms with Crippen LogP contribution in [0, 0.1) is 5.92 Å². The number of hydrogen-bond donors (Lipinski definition) is 3. The van der Waals surface area contributed by atoms with E-state index in [4.69, 9.17) is 5.73 Å². The fraction of sp³-hybridized carbons (Fsp3) is 0.579. The molecular formula is C19H29N3O4S. The highest BCUT2D eigenvalue weighted by Gasteiger charge is 2.20. The summed E-state index contributed by atoms with van der Waals surface area (Å²) in [6, 6.07) is 5.37. The molecule has 0 aliphatic heterocycles. The second kappa shape index (κ2) is 9.73. The van der Waals surface area contributed by atoms with Crippen LogP contribution in [0.25, 0.3) is 0 Å². The fourth-order valence-electron chi connectivity index (χ4n) is 3.34. The van der Waals surface area contributed by atoms with Gasteiger partial charge in [-0.25, -0.2) is 8.42 Å². The van der Waals surface area contributed by atoms with Crippen LogP contribution in [0.3, 0.4) is 0 Å². The predicted molar refractivity (Wildman–Crippen MR) is 105 cm³/mol. The molecule has 1 aromatic rings. The number of amides is 2. The van der Waals surface area contributed by atoms with E-state index < -0.39 is 21.8 Å². The molecule has 4 N–H and O–H groups in total. The Bertz CT molecular complexity index is 741. The van der Waals surface area contributed by atoms with Crippen LogP contribution >= 0.6 is 0 Å². The van der Waals surface area contributed by atoms with E-state index >= 15 is 0 Å². The molecule has 1 aromatic carbocycles. The van der Waals surface area contributed by atoms with E-state index in [-0.39, 0.29) is 17.3 Å². The van der Waals surface area contributed by atoms with Gasteiger partial charge in [0.25, 0.3) is 0 Å². The van der Waals surface area contributed by atoms with Gasteiger partial charge in [0, 0.05) is 24.9 Å². The first-order valence-electron chi connectivity index (χ1n) is 9.38. The Morgan fingerprint density at radius 1 is 1.15 bits per heavy atom. The monoisotopic (exact) mass is 395 g/mol. The number of primary amides is 1. The van der Waals surface area contributed by atoms with Crippen molar-refractivity contribution >= 4 is 27.3 Å². The Morgan fingerprint density at radius 3 is 2.33 bits per heavy atom. The summed E-state index contributed by atoms with van der Waals surface area (Å²) in [5.74, 6) is -0.178. The van der Waals surface area contributed by atoms with E-state index in [9.17, 15) is 18.0 Å². The molecule has 7 nitrogen and oxygen atoms in total. The number of hydrogen-bond acceptors (Lipinski definition) is 5. The maximum absolute atomic E-state index is 12.2. The molecule has 0 heterocycles. The van der Waals surface area contributed by atoms with Crippen molar-refractivity contribution in [3.8, 4) is 0 Å². The Morgan fingerprint density at radius 2 is 1.78 bits per heavy atom. The highest BCUT2D eigenvalue weighted by Crippen LogP contribution is 2.27. The van der Waals surface area contributed by atoms with Crippen molar-refractivity contribution in [1.82, 2.24) is 5.32 Å². The summed E-state index contributed by atoms with van der Waals surface area (Å²) in [4.78, 5) is 24.0. The van der Waals surface area contributed by atoms with E-state index in [1.165, 1.54) is 44.2 Å². The van der Waals surface area contributed by atoms with Crippen molar-refractivity contribution in [2.45, 2.75) is 55.9 Å². The normalized spacial score (nSPS) is 16.5. The van der Waals surface area contributed by atoms with Gasteiger partial charge in [-0.15, -0.1) is 0 Å². The third kappa shape index (κ3) is 7.21. The molecule has 1 atom stereocenters. The molecule has 0 radical (unpaired) electrons. The van der Waals surface area contributed by atoms with E-state index in [2.05, 4.69) is 10.6 Å². The smallest absolute Gasteiger partial charge is 0.241 e. The van der Waals surface area contributed by atoms with Gasteiger partial charge in [-0.2, -0.15) is 0 Å². The molecule has 27 heavy (non-hydrogen) atoms. The van der Waals surface area contributed by atoms with Crippen molar-refractivity contribution in [1.29, 1.82) is 0 Å². The highest BCUT2D eigenvalue weighted by atomic mass is 32.2. The molecule has 0 aromatic heterocycles. The molecule has 150 valence electrons. The number of carbonyl (C=O) groups is 2. The average Bonchev–Trinajstić information content (AvgIpc) is 2.63. The lowest BCUT2D eigenvalue weighted by Crippen LogP contribution is -2.48. The summed E-state index contributed by atoms with van der Waals surface area (Å²) in [6.07, 6.45) is 8.49. The van der Waals surface area contributed by atoms with Crippen LogP contribution in [-0.4, -0.2) is 39.1 Å². The Labute approximate surface area is 161 Å². The molecule has 1 aliphatic rings. The molecule has 8 heteroatoms. The lowest BCUT2D eigenvalue weighted by molar-refractivity contribution is -0.127. The molecular weight excluding hydrogens is 366 g/mol. The fourth-order valence-corrected chi connectivity index (χ4v) is 3.97. The Kier molecular flexibility index (Phi) is 7.65. The zero-order valence-corrected chi connectivity index (χ0v) is 16.6. The molecule has 2 amide bonds. The van der Waals surface area contributed by atoms with E-state index in [0.717, 1.165) is 12.7 Å². The summed E-state index contributed by atoms with van der Waals surface area (Å²) < 4.78 is 22.9. The zero-order chi connectivity index (χ0) is 19.9. The second-order valence-electron chi connectivity index (χ2n) is 7.24. The Balaban J connectivity index is 1.82. The molecule has 0 unspecified atom stereocenters. The number of sulfone groups is 1. The van der Waals surface area contributed by atoms with Crippen LogP contribution in [-0.2, 0) is 19.4 Å². The SMILES string of the molecule is CS(=O)(=O)c1ccc(NC[C@H](NC(=O)CCC2CCCCC2)C(N)=O)cc1. The number of anilines is 1. The van der Waals surface area contributed by atoms with Crippen molar-refractivity contribution in [2.75, 3.05) is 18.1 Å². The number of rotatable bonds is 9. The largest absolute Gasteiger partial charge is 0.382 e. The number of nitrogens with one attached hydrogen (secondary N) is 2. The minimum atomic E-state index is -3.25. The van der Waals surface area contributed by atoms with Crippen LogP contribution in [0.5, 0.6) is 0 Å². The van der Waals surface area contributed by atoms with Crippen molar-refractivity contribution in [3.05, 3.63) is 24.3 Å². The van der Waals surface area contributed by atoms with Gasteiger partial charge in [-0.05, 0) is 36.6 Å². The van der Waals surface area contributed by atoms with Crippen LogP contribution in [0.2, 0.25) is 0 Å². The third-order valence-electron chi connectivity index (χ3n) is 4.98. The van der Waals surface area contributed by atoms with E-state index in [1.54, 1.807) is 12.1 Å². The second-order valence-corrected chi connectivity index (χ2v) is 9.26. The van der Waals surface area contributed by atoms with Gasteiger partial charge in [0.1, 0.15) is 6.04 Å². The number of carbonyl (C=O) groups excluding carboxylic acids is 2. The highest BCUT2D eigenvalue weighted by molar-refractivity contribution is 7.90. The topological polar surface area (TPSA) is 118 Å². The summed E-state index contributed by atoms with van der Waals surface area (Å²) in [7, 11) is -3.25. The van der Waals surface area contributed by atoms with Crippen molar-refractivity contribution in [3.63, 3.8) is 0 Å². The molecule has 2 rings (SSSR count). The summed E-state index contributed by atoms with van der Waals surface area (Å²) >= 11 is 0. The maximum Gasteiger partial charge on any atom is 0.241 e. The third-order valence-corrected chi connectivity index (χ3v) is 6.10. The lowest BCUT2D eigenvalue weighted by atomic mass is 9.86. The standard InChI is InChI=1S/C19H29N3O4S/c1-27(25,26)16-10-8-15(9-11-16)21-13-17(19(20)24)22-18(23)12-7-14-5-3-2-4-6-14/h8-11,14,17,21H,2-7,12-13H2,1H3,(H2,20,24)(H,22,23)/t17-/m0/s1. The average molecular weight is 396 g/mol. The predicted octanol–water partition coefficient (Wildman–Crippen LogP) is 1.83. The zero-order valence-electron chi connectivity index (χ0n) is 15.7. The van der Waals surface area contributed by atoms with Gasteiger partial charge in [-0.3, -0.25) is 9.59 Å². The molecule has 1 saturated carbocycles. The van der Waals surface area contributed by atoms with Crippen LogP contribution in [0.15, 0.2) is 29.2 Å². The molecule has 1 aliphatic carbocycles.